The van der Waals surface area contributed by atoms with Crippen LogP contribution < -0.4 is 5.69 Å². The monoisotopic (exact) mass is 303 g/mol. The summed E-state index contributed by atoms with van der Waals surface area (Å²) in [7, 11) is 1.34. The van der Waals surface area contributed by atoms with Gasteiger partial charge in [0.25, 0.3) is 0 Å². The maximum atomic E-state index is 12.5. The molecule has 6 nitrogen and oxygen atoms in total. The van der Waals surface area contributed by atoms with Gasteiger partial charge in [-0.1, -0.05) is 18.2 Å². The standard InChI is InChI=1S/C16H21N3O3/c1-11-17-19(16(2,3)4)15(21)18(11)10-12-8-6-7-9-13(12)14(20)22-5/h6-9H,10H2,1-5H3. The smallest absolute Gasteiger partial charge is 0.346 e. The van der Waals surface area contributed by atoms with E-state index in [0.29, 0.717) is 11.4 Å². The van der Waals surface area contributed by atoms with Crippen molar-refractivity contribution in [1.29, 1.82) is 0 Å². The Morgan fingerprint density at radius 3 is 2.45 bits per heavy atom. The maximum absolute atomic E-state index is 12.5. The molecule has 0 aliphatic carbocycles. The van der Waals surface area contributed by atoms with Crippen LogP contribution in [0.5, 0.6) is 0 Å². The highest BCUT2D eigenvalue weighted by atomic mass is 16.5. The van der Waals surface area contributed by atoms with Crippen LogP contribution in [0.15, 0.2) is 29.1 Å². The van der Waals surface area contributed by atoms with E-state index < -0.39 is 11.5 Å². The van der Waals surface area contributed by atoms with Gasteiger partial charge in [-0.05, 0) is 39.3 Å². The summed E-state index contributed by atoms with van der Waals surface area (Å²) in [6.07, 6.45) is 0. The minimum Gasteiger partial charge on any atom is -0.465 e. The van der Waals surface area contributed by atoms with Gasteiger partial charge in [-0.2, -0.15) is 5.10 Å². The Morgan fingerprint density at radius 1 is 1.27 bits per heavy atom. The van der Waals surface area contributed by atoms with E-state index in [0.717, 1.165) is 5.56 Å². The second-order valence-electron chi connectivity index (χ2n) is 6.15. The molecule has 1 heterocycles. The van der Waals surface area contributed by atoms with E-state index in [-0.39, 0.29) is 12.2 Å². The maximum Gasteiger partial charge on any atom is 0.346 e. The van der Waals surface area contributed by atoms with Gasteiger partial charge >= 0.3 is 11.7 Å². The largest absolute Gasteiger partial charge is 0.465 e. The van der Waals surface area contributed by atoms with E-state index in [1.807, 2.05) is 32.9 Å². The van der Waals surface area contributed by atoms with Gasteiger partial charge in [-0.3, -0.25) is 4.57 Å². The molecule has 0 atom stereocenters. The van der Waals surface area contributed by atoms with Crippen molar-refractivity contribution in [3.63, 3.8) is 0 Å². The average molecular weight is 303 g/mol. The third kappa shape index (κ3) is 2.95. The van der Waals surface area contributed by atoms with Gasteiger partial charge < -0.3 is 4.74 Å². The Kier molecular flexibility index (Phi) is 4.21. The number of carbonyl (C=O) groups is 1. The van der Waals surface area contributed by atoms with Crippen LogP contribution in [-0.2, 0) is 16.8 Å². The minimum absolute atomic E-state index is 0.190. The SMILES string of the molecule is COC(=O)c1ccccc1Cn1c(C)nn(C(C)(C)C)c1=O. The number of hydrogen-bond acceptors (Lipinski definition) is 4. The third-order valence-corrected chi connectivity index (χ3v) is 3.43. The van der Waals surface area contributed by atoms with E-state index >= 15 is 0 Å². The molecule has 0 saturated heterocycles. The van der Waals surface area contributed by atoms with E-state index in [4.69, 9.17) is 4.74 Å². The van der Waals surface area contributed by atoms with Crippen LogP contribution in [0.2, 0.25) is 0 Å². The summed E-state index contributed by atoms with van der Waals surface area (Å²) in [6.45, 7) is 7.84. The number of aryl methyl sites for hydroxylation is 1. The first-order chi connectivity index (χ1) is 10.3. The van der Waals surface area contributed by atoms with Crippen molar-refractivity contribution in [2.45, 2.75) is 39.8 Å². The number of benzene rings is 1. The minimum atomic E-state index is -0.412. The third-order valence-electron chi connectivity index (χ3n) is 3.43. The summed E-state index contributed by atoms with van der Waals surface area (Å²) >= 11 is 0. The molecule has 0 aliphatic rings. The molecule has 0 spiro atoms. The molecule has 0 fully saturated rings. The second-order valence-corrected chi connectivity index (χ2v) is 6.15. The number of ether oxygens (including phenoxy) is 1. The molecule has 118 valence electrons. The lowest BCUT2D eigenvalue weighted by Crippen LogP contribution is -2.36. The Bertz CT molecular complexity index is 751. The molecule has 0 N–H and O–H groups in total. The molecule has 0 bridgehead atoms. The summed E-state index contributed by atoms with van der Waals surface area (Å²) in [6, 6.07) is 7.10. The van der Waals surface area contributed by atoms with E-state index in [1.54, 1.807) is 23.6 Å². The van der Waals surface area contributed by atoms with Gasteiger partial charge in [-0.15, -0.1) is 0 Å². The summed E-state index contributed by atoms with van der Waals surface area (Å²) in [5.74, 6) is 0.198. The van der Waals surface area contributed by atoms with Crippen molar-refractivity contribution in [1.82, 2.24) is 14.3 Å². The number of hydrogen-bond donors (Lipinski definition) is 0. The second kappa shape index (κ2) is 5.79. The molecule has 0 amide bonds. The molecule has 22 heavy (non-hydrogen) atoms. The molecule has 0 aliphatic heterocycles. The molecular weight excluding hydrogens is 282 g/mol. The number of nitrogens with zero attached hydrogens (tertiary/aromatic N) is 3. The molecule has 2 aromatic rings. The van der Waals surface area contributed by atoms with E-state index in [1.165, 1.54) is 11.8 Å². The van der Waals surface area contributed by atoms with Gasteiger partial charge in [0.1, 0.15) is 5.82 Å². The van der Waals surface area contributed by atoms with E-state index in [2.05, 4.69) is 5.10 Å². The Balaban J connectivity index is 2.48. The van der Waals surface area contributed by atoms with Crippen LogP contribution in [0.1, 0.15) is 42.5 Å². The molecule has 6 heteroatoms. The van der Waals surface area contributed by atoms with Crippen molar-refractivity contribution >= 4 is 5.97 Å². The fourth-order valence-corrected chi connectivity index (χ4v) is 2.25. The highest BCUT2D eigenvalue weighted by Crippen LogP contribution is 2.14. The van der Waals surface area contributed by atoms with Crippen LogP contribution in [0.25, 0.3) is 0 Å². The molecular formula is C16H21N3O3. The molecule has 1 aromatic carbocycles. The molecule has 0 unspecified atom stereocenters. The quantitative estimate of drug-likeness (QED) is 0.813. The van der Waals surface area contributed by atoms with Gasteiger partial charge in [-0.25, -0.2) is 14.3 Å². The number of methoxy groups -OCH3 is 1. The molecule has 1 aromatic heterocycles. The van der Waals surface area contributed by atoms with Crippen LogP contribution in [-0.4, -0.2) is 27.4 Å². The first-order valence-corrected chi connectivity index (χ1v) is 7.09. The zero-order chi connectivity index (χ0) is 16.5. The molecule has 0 saturated carbocycles. The Hall–Kier alpha value is -2.37. The van der Waals surface area contributed by atoms with Gasteiger partial charge in [0.15, 0.2) is 0 Å². The fourth-order valence-electron chi connectivity index (χ4n) is 2.25. The van der Waals surface area contributed by atoms with Crippen LogP contribution >= 0.6 is 0 Å². The number of aromatic nitrogens is 3. The predicted molar refractivity (Wildman–Crippen MR) is 83.1 cm³/mol. The summed E-state index contributed by atoms with van der Waals surface area (Å²) in [5, 5.41) is 4.32. The van der Waals surface area contributed by atoms with Crippen molar-refractivity contribution < 1.29 is 9.53 Å². The fraction of sp³-hybridized carbons (Fsp3) is 0.438. The topological polar surface area (TPSA) is 66.1 Å². The summed E-state index contributed by atoms with van der Waals surface area (Å²) in [4.78, 5) is 24.4. The van der Waals surface area contributed by atoms with E-state index in [9.17, 15) is 9.59 Å². The van der Waals surface area contributed by atoms with Crippen molar-refractivity contribution in [3.05, 3.63) is 51.7 Å². The lowest BCUT2D eigenvalue weighted by Gasteiger charge is -2.17. The van der Waals surface area contributed by atoms with Crippen LogP contribution in [0, 0.1) is 6.92 Å². The predicted octanol–water partition coefficient (Wildman–Crippen LogP) is 1.94. The van der Waals surface area contributed by atoms with Gasteiger partial charge in [0.05, 0.1) is 24.8 Å². The number of esters is 1. The molecule has 2 rings (SSSR count). The lowest BCUT2D eigenvalue weighted by molar-refractivity contribution is 0.0599. The summed E-state index contributed by atoms with van der Waals surface area (Å²) in [5.41, 5.74) is 0.604. The summed E-state index contributed by atoms with van der Waals surface area (Å²) < 4.78 is 7.81. The van der Waals surface area contributed by atoms with Crippen molar-refractivity contribution in [2.75, 3.05) is 7.11 Å². The first-order valence-electron chi connectivity index (χ1n) is 7.09. The Morgan fingerprint density at radius 2 is 1.91 bits per heavy atom. The zero-order valence-electron chi connectivity index (χ0n) is 13.6. The first kappa shape index (κ1) is 16.0. The highest BCUT2D eigenvalue weighted by Gasteiger charge is 2.22. The average Bonchev–Trinajstić information content (AvgIpc) is 2.75. The van der Waals surface area contributed by atoms with Crippen molar-refractivity contribution in [2.24, 2.45) is 0 Å². The van der Waals surface area contributed by atoms with Gasteiger partial charge in [0, 0.05) is 0 Å². The lowest BCUT2D eigenvalue weighted by atomic mass is 10.1. The van der Waals surface area contributed by atoms with Gasteiger partial charge in [0.2, 0.25) is 0 Å². The number of rotatable bonds is 3. The van der Waals surface area contributed by atoms with Crippen LogP contribution in [0.3, 0.4) is 0 Å². The highest BCUT2D eigenvalue weighted by molar-refractivity contribution is 5.90. The van der Waals surface area contributed by atoms with Crippen molar-refractivity contribution in [3.8, 4) is 0 Å². The normalized spacial score (nSPS) is 11.5. The molecule has 0 radical (unpaired) electrons. The zero-order valence-corrected chi connectivity index (χ0v) is 13.6. The van der Waals surface area contributed by atoms with Crippen LogP contribution in [0.4, 0.5) is 0 Å². The number of carbonyl (C=O) groups excluding carboxylic acids is 1. The Labute approximate surface area is 129 Å².